The largest absolute Gasteiger partial charge is 0.393 e. The van der Waals surface area contributed by atoms with Crippen LogP contribution in [0.25, 0.3) is 0 Å². The second-order valence-electron chi connectivity index (χ2n) is 6.25. The minimum atomic E-state index is 0.0494. The van der Waals surface area contributed by atoms with E-state index in [0.29, 0.717) is 11.3 Å². The van der Waals surface area contributed by atoms with Gasteiger partial charge in [0.25, 0.3) is 0 Å². The zero-order valence-electron chi connectivity index (χ0n) is 9.75. The smallest absolute Gasteiger partial charge is 0.0576 e. The van der Waals surface area contributed by atoms with Crippen molar-refractivity contribution in [2.24, 2.45) is 17.3 Å². The van der Waals surface area contributed by atoms with Crippen molar-refractivity contribution in [2.75, 3.05) is 0 Å². The zero-order valence-corrected chi connectivity index (χ0v) is 9.75. The lowest BCUT2D eigenvalue weighted by Crippen LogP contribution is -2.32. The molecule has 0 heterocycles. The van der Waals surface area contributed by atoms with Gasteiger partial charge in [0.15, 0.2) is 0 Å². The molecular formula is C14H24O. The Labute approximate surface area is 93.3 Å². The maximum absolute atomic E-state index is 10.2. The van der Waals surface area contributed by atoms with E-state index in [-0.39, 0.29) is 6.10 Å². The fourth-order valence-electron chi connectivity index (χ4n) is 4.93. The van der Waals surface area contributed by atoms with E-state index < -0.39 is 0 Å². The highest BCUT2D eigenvalue weighted by Gasteiger charge is 2.52. The SMILES string of the molecule is O[C@H]1CC2(CCCCC2)[C@@H]2CCCC[C@H]21. The molecule has 0 aromatic heterocycles. The van der Waals surface area contributed by atoms with Crippen LogP contribution in [-0.4, -0.2) is 11.2 Å². The summed E-state index contributed by atoms with van der Waals surface area (Å²) in [5, 5.41) is 10.2. The van der Waals surface area contributed by atoms with Gasteiger partial charge in [0.2, 0.25) is 0 Å². The van der Waals surface area contributed by atoms with Crippen LogP contribution in [0.5, 0.6) is 0 Å². The monoisotopic (exact) mass is 208 g/mol. The summed E-state index contributed by atoms with van der Waals surface area (Å²) >= 11 is 0. The molecule has 0 unspecified atom stereocenters. The van der Waals surface area contributed by atoms with Gasteiger partial charge in [-0.2, -0.15) is 0 Å². The molecule has 1 spiro atoms. The molecule has 86 valence electrons. The molecular weight excluding hydrogens is 184 g/mol. The van der Waals surface area contributed by atoms with Gasteiger partial charge in [-0.25, -0.2) is 0 Å². The predicted octanol–water partition coefficient (Wildman–Crippen LogP) is 3.51. The lowest BCUT2D eigenvalue weighted by Gasteiger charge is -2.42. The molecule has 0 aromatic carbocycles. The molecule has 3 aliphatic carbocycles. The quantitative estimate of drug-likeness (QED) is 0.646. The summed E-state index contributed by atoms with van der Waals surface area (Å²) in [6, 6.07) is 0. The number of aliphatic hydroxyl groups excluding tert-OH is 1. The van der Waals surface area contributed by atoms with E-state index in [4.69, 9.17) is 0 Å². The fraction of sp³-hybridized carbons (Fsp3) is 1.00. The molecule has 3 saturated carbocycles. The minimum absolute atomic E-state index is 0.0494. The van der Waals surface area contributed by atoms with E-state index in [1.54, 1.807) is 0 Å². The van der Waals surface area contributed by atoms with Crippen LogP contribution in [-0.2, 0) is 0 Å². The number of fused-ring (bicyclic) bond motifs is 2. The zero-order chi connectivity index (χ0) is 10.3. The highest BCUT2D eigenvalue weighted by atomic mass is 16.3. The Morgan fingerprint density at radius 1 is 0.867 bits per heavy atom. The summed E-state index contributed by atoms with van der Waals surface area (Å²) in [5.41, 5.74) is 0.586. The van der Waals surface area contributed by atoms with Crippen molar-refractivity contribution in [1.29, 1.82) is 0 Å². The normalized spacial score (nSPS) is 44.2. The van der Waals surface area contributed by atoms with Crippen LogP contribution < -0.4 is 0 Å². The standard InChI is InChI=1S/C14H24O/c15-13-10-14(8-4-1-5-9-14)12-7-3-2-6-11(12)13/h11-13,15H,1-10H2/t11-,12-,13+/m1/s1. The highest BCUT2D eigenvalue weighted by Crippen LogP contribution is 2.59. The molecule has 0 aromatic rings. The first-order valence-corrected chi connectivity index (χ1v) is 7.00. The summed E-state index contributed by atoms with van der Waals surface area (Å²) in [4.78, 5) is 0. The molecule has 3 atom stereocenters. The van der Waals surface area contributed by atoms with Gasteiger partial charge in [0, 0.05) is 0 Å². The summed E-state index contributed by atoms with van der Waals surface area (Å²) in [6.07, 6.45) is 13.9. The fourth-order valence-corrected chi connectivity index (χ4v) is 4.93. The van der Waals surface area contributed by atoms with E-state index >= 15 is 0 Å². The maximum Gasteiger partial charge on any atom is 0.0576 e. The first-order valence-electron chi connectivity index (χ1n) is 7.00. The van der Waals surface area contributed by atoms with E-state index in [1.807, 2.05) is 0 Å². The van der Waals surface area contributed by atoms with E-state index in [9.17, 15) is 5.11 Å². The topological polar surface area (TPSA) is 20.2 Å². The van der Waals surface area contributed by atoms with Gasteiger partial charge < -0.3 is 5.11 Å². The molecule has 1 nitrogen and oxygen atoms in total. The number of hydrogen-bond donors (Lipinski definition) is 1. The van der Waals surface area contributed by atoms with Gasteiger partial charge in [-0.05, 0) is 49.4 Å². The van der Waals surface area contributed by atoms with Crippen LogP contribution in [0.3, 0.4) is 0 Å². The molecule has 0 bridgehead atoms. The van der Waals surface area contributed by atoms with Crippen molar-refractivity contribution in [3.63, 3.8) is 0 Å². The van der Waals surface area contributed by atoms with Crippen LogP contribution in [0, 0.1) is 17.3 Å². The Bertz CT molecular complexity index is 229. The molecule has 15 heavy (non-hydrogen) atoms. The Kier molecular flexibility index (Phi) is 2.54. The lowest BCUT2D eigenvalue weighted by atomic mass is 9.63. The second kappa shape index (κ2) is 3.76. The van der Waals surface area contributed by atoms with Crippen molar-refractivity contribution in [1.82, 2.24) is 0 Å². The Hall–Kier alpha value is -0.0400. The molecule has 3 aliphatic rings. The second-order valence-corrected chi connectivity index (χ2v) is 6.25. The van der Waals surface area contributed by atoms with Crippen molar-refractivity contribution >= 4 is 0 Å². The van der Waals surface area contributed by atoms with Crippen molar-refractivity contribution in [3.05, 3.63) is 0 Å². The number of hydrogen-bond acceptors (Lipinski definition) is 1. The summed E-state index contributed by atoms with van der Waals surface area (Å²) in [7, 11) is 0. The van der Waals surface area contributed by atoms with E-state index in [2.05, 4.69) is 0 Å². The van der Waals surface area contributed by atoms with E-state index in [1.165, 1.54) is 57.8 Å². The molecule has 0 radical (unpaired) electrons. The van der Waals surface area contributed by atoms with Crippen LogP contribution in [0.2, 0.25) is 0 Å². The average molecular weight is 208 g/mol. The predicted molar refractivity (Wildman–Crippen MR) is 61.6 cm³/mol. The lowest BCUT2D eigenvalue weighted by molar-refractivity contribution is 0.0744. The first kappa shape index (κ1) is 10.1. The Morgan fingerprint density at radius 2 is 1.60 bits per heavy atom. The molecule has 1 N–H and O–H groups in total. The Balaban J connectivity index is 1.83. The molecule has 3 rings (SSSR count). The minimum Gasteiger partial charge on any atom is -0.393 e. The maximum atomic E-state index is 10.2. The summed E-state index contributed by atoms with van der Waals surface area (Å²) in [5.74, 6) is 1.57. The molecule has 3 fully saturated rings. The third-order valence-electron chi connectivity index (χ3n) is 5.57. The third-order valence-corrected chi connectivity index (χ3v) is 5.57. The van der Waals surface area contributed by atoms with Gasteiger partial charge in [0.05, 0.1) is 6.10 Å². The highest BCUT2D eigenvalue weighted by molar-refractivity contribution is 5.02. The van der Waals surface area contributed by atoms with Crippen molar-refractivity contribution in [2.45, 2.75) is 70.3 Å². The van der Waals surface area contributed by atoms with Gasteiger partial charge >= 0.3 is 0 Å². The van der Waals surface area contributed by atoms with Crippen molar-refractivity contribution in [3.8, 4) is 0 Å². The summed E-state index contributed by atoms with van der Waals surface area (Å²) < 4.78 is 0. The first-order chi connectivity index (χ1) is 7.32. The van der Waals surface area contributed by atoms with Gasteiger partial charge in [-0.15, -0.1) is 0 Å². The van der Waals surface area contributed by atoms with Crippen LogP contribution >= 0.6 is 0 Å². The Morgan fingerprint density at radius 3 is 2.40 bits per heavy atom. The summed E-state index contributed by atoms with van der Waals surface area (Å²) in [6.45, 7) is 0. The number of rotatable bonds is 0. The van der Waals surface area contributed by atoms with E-state index in [0.717, 1.165) is 12.3 Å². The van der Waals surface area contributed by atoms with Crippen molar-refractivity contribution < 1.29 is 5.11 Å². The van der Waals surface area contributed by atoms with Gasteiger partial charge in [-0.1, -0.05) is 32.1 Å². The van der Waals surface area contributed by atoms with Crippen LogP contribution in [0.1, 0.15) is 64.2 Å². The van der Waals surface area contributed by atoms with Gasteiger partial charge in [-0.3, -0.25) is 0 Å². The number of aliphatic hydroxyl groups is 1. The molecule has 1 heteroatoms. The molecule has 0 amide bonds. The third kappa shape index (κ3) is 1.54. The van der Waals surface area contributed by atoms with Gasteiger partial charge in [0.1, 0.15) is 0 Å². The van der Waals surface area contributed by atoms with Crippen LogP contribution in [0.4, 0.5) is 0 Å². The molecule has 0 saturated heterocycles. The average Bonchev–Trinajstić information content (AvgIpc) is 2.55. The van der Waals surface area contributed by atoms with Crippen LogP contribution in [0.15, 0.2) is 0 Å². The molecule has 0 aliphatic heterocycles.